The monoisotopic (exact) mass is 206 g/mol. The first-order valence-electron chi connectivity index (χ1n) is 4.29. The summed E-state index contributed by atoms with van der Waals surface area (Å²) in [5.41, 5.74) is 0. The Morgan fingerprint density at radius 1 is 0.909 bits per heavy atom. The molecule has 0 aromatic carbocycles. The van der Waals surface area contributed by atoms with Crippen molar-refractivity contribution < 1.29 is 0 Å². The van der Waals surface area contributed by atoms with Gasteiger partial charge in [0, 0.05) is 21.0 Å². The molecule has 3 saturated heterocycles. The van der Waals surface area contributed by atoms with Gasteiger partial charge >= 0.3 is 0 Å². The van der Waals surface area contributed by atoms with Crippen molar-refractivity contribution in [1.82, 2.24) is 0 Å². The maximum absolute atomic E-state index is 6.36. The quantitative estimate of drug-likeness (QED) is 0.559. The minimum absolute atomic E-state index is 0.480. The van der Waals surface area contributed by atoms with Crippen LogP contribution in [0.3, 0.4) is 0 Å². The van der Waals surface area contributed by atoms with Gasteiger partial charge in [0.2, 0.25) is 0 Å². The molecule has 3 aliphatic rings. The van der Waals surface area contributed by atoms with E-state index >= 15 is 0 Å². The van der Waals surface area contributed by atoms with Crippen LogP contribution in [0.1, 0.15) is 19.3 Å². The van der Waals surface area contributed by atoms with Crippen LogP contribution in [0, 0.1) is 0 Å². The molecular formula is C8H11ClS2. The zero-order valence-corrected chi connectivity index (χ0v) is 8.59. The van der Waals surface area contributed by atoms with Crippen LogP contribution in [-0.4, -0.2) is 26.4 Å². The first kappa shape index (κ1) is 7.40. The largest absolute Gasteiger partial charge is 0.152 e. The van der Waals surface area contributed by atoms with Crippen molar-refractivity contribution in [2.75, 3.05) is 0 Å². The van der Waals surface area contributed by atoms with Crippen LogP contribution in [0.15, 0.2) is 0 Å². The molecule has 0 spiro atoms. The van der Waals surface area contributed by atoms with Crippen LogP contribution in [0.5, 0.6) is 0 Å². The first-order valence-corrected chi connectivity index (χ1v) is 6.62. The maximum atomic E-state index is 6.36. The number of hydrogen-bond acceptors (Lipinski definition) is 2. The van der Waals surface area contributed by atoms with Crippen LogP contribution in [0.4, 0.5) is 0 Å². The van der Waals surface area contributed by atoms with Crippen LogP contribution in [0.2, 0.25) is 0 Å². The highest BCUT2D eigenvalue weighted by Crippen LogP contribution is 2.57. The summed E-state index contributed by atoms with van der Waals surface area (Å²) in [4.78, 5) is 0. The lowest BCUT2D eigenvalue weighted by molar-refractivity contribution is 0.547. The van der Waals surface area contributed by atoms with Crippen molar-refractivity contribution >= 4 is 35.1 Å². The number of alkyl halides is 1. The number of hydrogen-bond donors (Lipinski definition) is 0. The zero-order chi connectivity index (χ0) is 7.42. The Balaban J connectivity index is 1.95. The van der Waals surface area contributed by atoms with Gasteiger partial charge in [0.25, 0.3) is 0 Å². The molecule has 3 rings (SSSR count). The Bertz CT molecular complexity index is 177. The van der Waals surface area contributed by atoms with Crippen molar-refractivity contribution in [2.24, 2.45) is 0 Å². The molecule has 5 atom stereocenters. The molecule has 0 aromatic rings. The molecule has 0 N–H and O–H groups in total. The van der Waals surface area contributed by atoms with Gasteiger partial charge in [-0.05, 0) is 19.3 Å². The lowest BCUT2D eigenvalue weighted by atomic mass is 9.98. The molecule has 0 aliphatic carbocycles. The van der Waals surface area contributed by atoms with Gasteiger partial charge in [0.05, 0.1) is 5.38 Å². The van der Waals surface area contributed by atoms with Crippen LogP contribution in [-0.2, 0) is 0 Å². The Morgan fingerprint density at radius 3 is 2.55 bits per heavy atom. The van der Waals surface area contributed by atoms with Crippen molar-refractivity contribution in [2.45, 2.75) is 45.6 Å². The summed E-state index contributed by atoms with van der Waals surface area (Å²) in [5, 5.41) is 4.02. The average Bonchev–Trinajstić information content (AvgIpc) is 2.33. The van der Waals surface area contributed by atoms with Gasteiger partial charge in [-0.25, -0.2) is 0 Å². The molecule has 3 aliphatic heterocycles. The summed E-state index contributed by atoms with van der Waals surface area (Å²) in [6.07, 6.45) is 4.21. The number of fused-ring (bicyclic) bond motifs is 2. The highest BCUT2D eigenvalue weighted by Gasteiger charge is 2.50. The predicted molar refractivity (Wildman–Crippen MR) is 53.8 cm³/mol. The third-order valence-electron chi connectivity index (χ3n) is 3.02. The van der Waals surface area contributed by atoms with E-state index in [2.05, 4.69) is 23.5 Å². The van der Waals surface area contributed by atoms with Gasteiger partial charge < -0.3 is 0 Å². The van der Waals surface area contributed by atoms with Crippen molar-refractivity contribution in [1.29, 1.82) is 0 Å². The topological polar surface area (TPSA) is 0 Å². The highest BCUT2D eigenvalue weighted by atomic mass is 35.5. The summed E-state index contributed by atoms with van der Waals surface area (Å²) >= 11 is 10.7. The molecule has 3 fully saturated rings. The van der Waals surface area contributed by atoms with E-state index in [1.54, 1.807) is 0 Å². The normalized spacial score (nSPS) is 60.3. The number of thioether (sulfide) groups is 2. The van der Waals surface area contributed by atoms with E-state index in [1.807, 2.05) is 0 Å². The summed E-state index contributed by atoms with van der Waals surface area (Å²) in [7, 11) is 0. The van der Waals surface area contributed by atoms with Gasteiger partial charge in [-0.3, -0.25) is 0 Å². The van der Waals surface area contributed by atoms with Crippen molar-refractivity contribution in [3.8, 4) is 0 Å². The molecule has 0 saturated carbocycles. The Labute approximate surface area is 80.8 Å². The molecule has 3 heterocycles. The molecular weight excluding hydrogens is 196 g/mol. The lowest BCUT2D eigenvalue weighted by Crippen LogP contribution is -2.37. The van der Waals surface area contributed by atoms with Gasteiger partial charge in [0.1, 0.15) is 0 Å². The number of halogens is 1. The van der Waals surface area contributed by atoms with E-state index in [0.717, 1.165) is 21.0 Å². The second kappa shape index (κ2) is 2.49. The molecule has 3 heteroatoms. The molecule has 0 aromatic heterocycles. The van der Waals surface area contributed by atoms with Crippen molar-refractivity contribution in [3.05, 3.63) is 0 Å². The highest BCUT2D eigenvalue weighted by molar-refractivity contribution is 8.06. The van der Waals surface area contributed by atoms with E-state index in [9.17, 15) is 0 Å². The molecule has 11 heavy (non-hydrogen) atoms. The van der Waals surface area contributed by atoms with Crippen LogP contribution >= 0.6 is 35.1 Å². The minimum atomic E-state index is 0.480. The van der Waals surface area contributed by atoms with E-state index in [0.29, 0.717) is 5.38 Å². The average molecular weight is 207 g/mol. The Kier molecular flexibility index (Phi) is 1.67. The van der Waals surface area contributed by atoms with E-state index in [4.69, 9.17) is 11.6 Å². The Hall–Kier alpha value is 0.990. The van der Waals surface area contributed by atoms with Gasteiger partial charge in [-0.2, -0.15) is 23.5 Å². The second-order valence-electron chi connectivity index (χ2n) is 3.68. The second-order valence-corrected chi connectivity index (χ2v) is 7.15. The lowest BCUT2D eigenvalue weighted by Gasteiger charge is -2.35. The Morgan fingerprint density at radius 2 is 1.64 bits per heavy atom. The van der Waals surface area contributed by atoms with E-state index in [-0.39, 0.29) is 0 Å². The molecule has 0 amide bonds. The van der Waals surface area contributed by atoms with E-state index < -0.39 is 0 Å². The zero-order valence-electron chi connectivity index (χ0n) is 6.20. The third-order valence-corrected chi connectivity index (χ3v) is 7.60. The summed E-state index contributed by atoms with van der Waals surface area (Å²) in [6, 6.07) is 0. The van der Waals surface area contributed by atoms with Crippen LogP contribution in [0.25, 0.3) is 0 Å². The van der Waals surface area contributed by atoms with Crippen LogP contribution < -0.4 is 0 Å². The number of rotatable bonds is 0. The standard InChI is InChI=1S/C8H11ClS2/c9-8-5-2-1-4-6(11-5)3-7(8)10-4/h4-8H,1-3H2. The third kappa shape index (κ3) is 0.988. The van der Waals surface area contributed by atoms with E-state index in [1.165, 1.54) is 19.3 Å². The van der Waals surface area contributed by atoms with Gasteiger partial charge in [-0.1, -0.05) is 0 Å². The molecule has 0 nitrogen and oxygen atoms in total. The summed E-state index contributed by atoms with van der Waals surface area (Å²) < 4.78 is 0. The molecule has 5 unspecified atom stereocenters. The van der Waals surface area contributed by atoms with Gasteiger partial charge in [0.15, 0.2) is 0 Å². The summed E-state index contributed by atoms with van der Waals surface area (Å²) in [6.45, 7) is 0. The fourth-order valence-corrected chi connectivity index (χ4v) is 6.99. The minimum Gasteiger partial charge on any atom is -0.152 e. The maximum Gasteiger partial charge on any atom is 0.0573 e. The fraction of sp³-hybridized carbons (Fsp3) is 1.00. The summed E-state index contributed by atoms with van der Waals surface area (Å²) in [5.74, 6) is 0. The smallest absolute Gasteiger partial charge is 0.0573 e. The van der Waals surface area contributed by atoms with Gasteiger partial charge in [-0.15, -0.1) is 11.6 Å². The first-order chi connectivity index (χ1) is 5.34. The molecule has 3 bridgehead atoms. The SMILES string of the molecule is ClC1C2CCC3SC1CC3S2. The van der Waals surface area contributed by atoms with Crippen molar-refractivity contribution in [3.63, 3.8) is 0 Å². The predicted octanol–water partition coefficient (Wildman–Crippen LogP) is 2.75. The fourth-order valence-electron chi connectivity index (χ4n) is 2.45. The molecule has 0 radical (unpaired) electrons. The molecule has 62 valence electrons.